The van der Waals surface area contributed by atoms with Crippen LogP contribution in [0.15, 0.2) is 60.7 Å². The number of alkyl halides is 3. The van der Waals surface area contributed by atoms with Crippen molar-refractivity contribution >= 4 is 67.4 Å². The van der Waals surface area contributed by atoms with Gasteiger partial charge in [0.1, 0.15) is 5.60 Å². The Morgan fingerprint density at radius 2 is 0.933 bits per heavy atom. The Bertz CT molecular complexity index is 1840. The molecule has 0 spiro atoms. The molecule has 75 heavy (non-hydrogen) atoms. The molecule has 0 bridgehead atoms. The molecule has 4 rings (SSSR count). The van der Waals surface area contributed by atoms with Gasteiger partial charge in [0.15, 0.2) is 0 Å². The third-order valence-electron chi connectivity index (χ3n) is 11.0. The van der Waals surface area contributed by atoms with Crippen LogP contribution in [0.1, 0.15) is 113 Å². The zero-order valence-electron chi connectivity index (χ0n) is 45.5. The lowest BCUT2D eigenvalue weighted by Crippen LogP contribution is -2.41. The average molecular weight is 1090 g/mol. The Morgan fingerprint density at radius 3 is 1.19 bits per heavy atom. The first-order valence-electron chi connectivity index (χ1n) is 24.6. The predicted octanol–water partition coefficient (Wildman–Crippen LogP) is 5.23. The van der Waals surface area contributed by atoms with E-state index in [2.05, 4.69) is 19.9 Å². The third kappa shape index (κ3) is 36.6. The number of amides is 2. The fraction of sp³-hybridized carbons (Fsp3) is 0.646. The number of carbonyl (C=O) groups is 5. The largest absolute Gasteiger partial charge is 0.490 e. The van der Waals surface area contributed by atoms with Crippen molar-refractivity contribution in [3.8, 4) is 0 Å². The standard InChI is InChI=1S/C13H25BO4.2C11H16BNO3.C9H17BO4.C2HF3O2.C2H8NP/c1-11(2,3)16-10(15)8-9-14-17-12(4,5)13(6,7)18-14;2*14-11(6-8-12(15)16)13-9-7-10-4-2-1-3-5-10;1-8(2)9(3,4)14-10(13-8)6-5-7(11)12;3-2(4,5)1(6)7;3-1-2-4/h8-9H2,1-7H3;2*1-5,15-16H,6-9H2,(H,13,14);5-6H2,1-4H3,(H,11,12);(H,6,7);1-4H2. The number of carbonyl (C=O) groups excluding carboxylic acids is 3. The number of benzene rings is 2. The molecule has 2 saturated heterocycles. The van der Waals surface area contributed by atoms with Gasteiger partial charge < -0.3 is 70.0 Å². The molecule has 2 fully saturated rings. The van der Waals surface area contributed by atoms with Crippen molar-refractivity contribution in [2.45, 2.75) is 174 Å². The van der Waals surface area contributed by atoms with Crippen molar-refractivity contribution in [1.82, 2.24) is 10.6 Å². The van der Waals surface area contributed by atoms with Crippen LogP contribution < -0.4 is 16.4 Å². The molecule has 2 aromatic carbocycles. The molecule has 2 amide bonds. The second kappa shape index (κ2) is 36.1. The number of nitrogens with one attached hydrogen (secondary N) is 2. The number of aliphatic carboxylic acids is 2. The van der Waals surface area contributed by atoms with Crippen LogP contribution in [0, 0.1) is 0 Å². The number of carboxylic acids is 2. The molecule has 2 aliphatic rings. The summed E-state index contributed by atoms with van der Waals surface area (Å²) in [7, 11) is -0.999. The van der Waals surface area contributed by atoms with Crippen LogP contribution >= 0.6 is 9.24 Å². The predicted molar refractivity (Wildman–Crippen MR) is 287 cm³/mol. The minimum atomic E-state index is -5.08. The van der Waals surface area contributed by atoms with Gasteiger partial charge in [-0.25, -0.2) is 4.79 Å². The van der Waals surface area contributed by atoms with Crippen molar-refractivity contribution in [1.29, 1.82) is 0 Å². The highest BCUT2D eigenvalue weighted by molar-refractivity contribution is 7.16. The van der Waals surface area contributed by atoms with Crippen LogP contribution in [0.2, 0.25) is 25.3 Å². The molecule has 0 saturated carbocycles. The van der Waals surface area contributed by atoms with E-state index in [1.54, 1.807) is 0 Å². The van der Waals surface area contributed by atoms with E-state index in [-0.39, 0.29) is 79.2 Å². The SMILES string of the molecule is CC(C)(C)OC(=O)CCB1OC(C)(C)C(C)(C)O1.CC1(C)OB(CCC(=O)O)OC1(C)C.NCCP.O=C(CCB(O)O)NCCc1ccccc1.O=C(CCB(O)O)NCCc1ccccc1.O=C(O)C(F)(F)F. The Labute approximate surface area is 445 Å². The Kier molecular flexibility index (Phi) is 35.1. The maximum Gasteiger partial charge on any atom is 0.490 e. The van der Waals surface area contributed by atoms with Crippen molar-refractivity contribution in [2.75, 3.05) is 25.8 Å². The smallest absolute Gasteiger partial charge is 0.481 e. The third-order valence-corrected chi connectivity index (χ3v) is 11.4. The van der Waals surface area contributed by atoms with Gasteiger partial charge in [0, 0.05) is 38.8 Å². The first kappa shape index (κ1) is 73.0. The maximum atomic E-state index is 11.6. The zero-order chi connectivity index (χ0) is 58.3. The minimum absolute atomic E-state index is 0.0802. The van der Waals surface area contributed by atoms with Gasteiger partial charge >= 0.3 is 52.6 Å². The zero-order valence-corrected chi connectivity index (χ0v) is 46.7. The lowest BCUT2D eigenvalue weighted by Gasteiger charge is -2.32. The monoisotopic (exact) mass is 1090 g/mol. The van der Waals surface area contributed by atoms with E-state index in [0.717, 1.165) is 25.5 Å². The Balaban J connectivity index is 0. The molecule has 1 atom stereocenters. The van der Waals surface area contributed by atoms with Gasteiger partial charge in [0.25, 0.3) is 0 Å². The van der Waals surface area contributed by atoms with E-state index < -0.39 is 45.1 Å². The second-order valence-corrected chi connectivity index (χ2v) is 20.6. The molecular weight excluding hydrogens is 1010 g/mol. The number of rotatable bonds is 19. The fourth-order valence-corrected chi connectivity index (χ4v) is 5.71. The van der Waals surface area contributed by atoms with Crippen LogP contribution in [0.4, 0.5) is 13.2 Å². The number of nitrogens with two attached hydrogens (primary N) is 1. The van der Waals surface area contributed by atoms with Crippen LogP contribution in [0.3, 0.4) is 0 Å². The second-order valence-electron chi connectivity index (χ2n) is 20.0. The Morgan fingerprint density at radius 1 is 0.627 bits per heavy atom. The maximum absolute atomic E-state index is 11.6. The van der Waals surface area contributed by atoms with Gasteiger partial charge in [-0.1, -0.05) is 60.7 Å². The van der Waals surface area contributed by atoms with E-state index in [1.807, 2.05) is 137 Å². The number of ether oxygens (including phenoxy) is 1. The molecule has 2 aromatic rings. The summed E-state index contributed by atoms with van der Waals surface area (Å²) in [6.07, 6.45) is -0.718. The molecule has 27 heteroatoms. The van der Waals surface area contributed by atoms with Crippen LogP contribution in [-0.2, 0) is 60.2 Å². The summed E-state index contributed by atoms with van der Waals surface area (Å²) in [6, 6.07) is 19.7. The summed E-state index contributed by atoms with van der Waals surface area (Å²) in [4.78, 5) is 53.3. The Hall–Kier alpha value is -4.09. The molecule has 0 radical (unpaired) electrons. The van der Waals surface area contributed by atoms with Crippen LogP contribution in [-0.4, -0.2) is 148 Å². The number of halogens is 3. The number of carboxylic acid groups (broad SMARTS) is 2. The van der Waals surface area contributed by atoms with E-state index in [0.29, 0.717) is 32.2 Å². The van der Waals surface area contributed by atoms with Crippen molar-refractivity contribution in [2.24, 2.45) is 5.73 Å². The average Bonchev–Trinajstić information content (AvgIpc) is 3.64. The van der Waals surface area contributed by atoms with E-state index in [1.165, 1.54) is 11.1 Å². The molecule has 19 nitrogen and oxygen atoms in total. The van der Waals surface area contributed by atoms with Gasteiger partial charge in [-0.3, -0.25) is 19.2 Å². The van der Waals surface area contributed by atoms with Gasteiger partial charge in [0.05, 0.1) is 22.4 Å². The van der Waals surface area contributed by atoms with E-state index >= 15 is 0 Å². The summed E-state index contributed by atoms with van der Waals surface area (Å²) in [5.41, 5.74) is 5.50. The molecular formula is C48H83B4F3N3O16P. The van der Waals surface area contributed by atoms with Crippen LogP contribution in [0.5, 0.6) is 0 Å². The molecule has 1 unspecified atom stereocenters. The van der Waals surface area contributed by atoms with Crippen molar-refractivity contribution in [3.05, 3.63) is 71.8 Å². The lowest BCUT2D eigenvalue weighted by molar-refractivity contribution is -0.192. The quantitative estimate of drug-likeness (QED) is 0.0494. The molecule has 0 aromatic heterocycles. The van der Waals surface area contributed by atoms with Gasteiger partial charge in [-0.2, -0.15) is 13.2 Å². The van der Waals surface area contributed by atoms with E-state index in [4.69, 9.17) is 64.2 Å². The molecule has 2 aliphatic heterocycles. The number of hydrogen-bond donors (Lipinski definition) is 9. The number of esters is 1. The molecule has 10 N–H and O–H groups in total. The summed E-state index contributed by atoms with van der Waals surface area (Å²) in [6.45, 7) is 23.3. The van der Waals surface area contributed by atoms with Crippen molar-refractivity contribution in [3.63, 3.8) is 0 Å². The minimum Gasteiger partial charge on any atom is -0.481 e. The highest BCUT2D eigenvalue weighted by Gasteiger charge is 2.51. The van der Waals surface area contributed by atoms with Gasteiger partial charge in [-0.05, 0) is 138 Å². The first-order valence-corrected chi connectivity index (χ1v) is 25.4. The lowest BCUT2D eigenvalue weighted by atomic mass is 9.83. The van der Waals surface area contributed by atoms with Crippen LogP contribution in [0.25, 0.3) is 0 Å². The first-order chi connectivity index (χ1) is 34.4. The van der Waals surface area contributed by atoms with Gasteiger partial charge in [0.2, 0.25) is 11.8 Å². The summed E-state index contributed by atoms with van der Waals surface area (Å²) in [5.74, 6) is -4.09. The highest BCUT2D eigenvalue weighted by Crippen LogP contribution is 2.39. The molecule has 2 heterocycles. The van der Waals surface area contributed by atoms with E-state index in [9.17, 15) is 32.3 Å². The molecule has 424 valence electrons. The molecule has 0 aliphatic carbocycles. The summed E-state index contributed by atoms with van der Waals surface area (Å²) < 4.78 is 59.9. The topological polar surface area (TPSA) is 303 Å². The van der Waals surface area contributed by atoms with Gasteiger partial charge in [-0.15, -0.1) is 9.24 Å². The summed E-state index contributed by atoms with van der Waals surface area (Å²) >= 11 is 0. The number of hydrogen-bond acceptors (Lipinski definition) is 15. The summed E-state index contributed by atoms with van der Waals surface area (Å²) in [5, 5.41) is 55.4. The highest BCUT2D eigenvalue weighted by atomic mass is 31.0. The fourth-order valence-electron chi connectivity index (χ4n) is 5.71. The van der Waals surface area contributed by atoms with Crippen molar-refractivity contribution < 1.29 is 90.8 Å². The normalized spacial score (nSPS) is 15.4.